The minimum atomic E-state index is 0.287. The second-order valence-corrected chi connectivity index (χ2v) is 3.59. The van der Waals surface area contributed by atoms with Gasteiger partial charge in [0.25, 0.3) is 0 Å². The predicted molar refractivity (Wildman–Crippen MR) is 66.2 cm³/mol. The maximum absolute atomic E-state index is 9.33. The largest absolute Gasteiger partial charge is 0.508 e. The van der Waals surface area contributed by atoms with E-state index in [2.05, 4.69) is 11.8 Å². The highest BCUT2D eigenvalue weighted by Crippen LogP contribution is 2.20. The summed E-state index contributed by atoms with van der Waals surface area (Å²) in [6.45, 7) is 0.592. The Morgan fingerprint density at radius 3 is 2.62 bits per heavy atom. The van der Waals surface area contributed by atoms with Gasteiger partial charge in [-0.2, -0.15) is 0 Å². The fourth-order valence-corrected chi connectivity index (χ4v) is 1.55. The summed E-state index contributed by atoms with van der Waals surface area (Å²) in [4.78, 5) is 0. The SMILES string of the molecule is NCCC#Cc1ccc2cc(O)ccc2c1. The highest BCUT2D eigenvalue weighted by Gasteiger charge is 1.95. The van der Waals surface area contributed by atoms with Gasteiger partial charge in [0.2, 0.25) is 0 Å². The third-order valence-electron chi connectivity index (χ3n) is 2.33. The first kappa shape index (κ1) is 10.5. The van der Waals surface area contributed by atoms with E-state index in [0.717, 1.165) is 16.3 Å². The van der Waals surface area contributed by atoms with Crippen LogP contribution in [-0.2, 0) is 0 Å². The lowest BCUT2D eigenvalue weighted by molar-refractivity contribution is 0.476. The van der Waals surface area contributed by atoms with Gasteiger partial charge in [-0.1, -0.05) is 24.0 Å². The smallest absolute Gasteiger partial charge is 0.116 e. The van der Waals surface area contributed by atoms with Gasteiger partial charge in [-0.3, -0.25) is 0 Å². The summed E-state index contributed by atoms with van der Waals surface area (Å²) in [5, 5.41) is 11.4. The molecule has 0 aliphatic rings. The van der Waals surface area contributed by atoms with Gasteiger partial charge in [0.15, 0.2) is 0 Å². The van der Waals surface area contributed by atoms with Crippen molar-refractivity contribution in [1.29, 1.82) is 0 Å². The number of hydrogen-bond donors (Lipinski definition) is 2. The summed E-state index contributed by atoms with van der Waals surface area (Å²) < 4.78 is 0. The van der Waals surface area contributed by atoms with Crippen LogP contribution in [0.3, 0.4) is 0 Å². The van der Waals surface area contributed by atoms with E-state index >= 15 is 0 Å². The summed E-state index contributed by atoms with van der Waals surface area (Å²) in [5.41, 5.74) is 6.35. The molecule has 0 saturated carbocycles. The summed E-state index contributed by atoms with van der Waals surface area (Å²) in [7, 11) is 0. The quantitative estimate of drug-likeness (QED) is 0.711. The molecule has 0 saturated heterocycles. The van der Waals surface area contributed by atoms with Crippen LogP contribution in [0.4, 0.5) is 0 Å². The molecule has 80 valence electrons. The molecule has 0 amide bonds. The van der Waals surface area contributed by atoms with Gasteiger partial charge in [-0.05, 0) is 35.0 Å². The zero-order valence-electron chi connectivity index (χ0n) is 8.90. The molecular formula is C14H13NO. The van der Waals surface area contributed by atoms with Gasteiger partial charge >= 0.3 is 0 Å². The third-order valence-corrected chi connectivity index (χ3v) is 2.33. The number of phenols is 1. The lowest BCUT2D eigenvalue weighted by atomic mass is 10.1. The summed E-state index contributed by atoms with van der Waals surface area (Å²) in [5.74, 6) is 6.35. The van der Waals surface area contributed by atoms with Gasteiger partial charge in [0.05, 0.1) is 0 Å². The lowest BCUT2D eigenvalue weighted by Crippen LogP contribution is -1.95. The van der Waals surface area contributed by atoms with Crippen molar-refractivity contribution in [3.8, 4) is 17.6 Å². The maximum atomic E-state index is 9.33. The van der Waals surface area contributed by atoms with Crippen LogP contribution >= 0.6 is 0 Å². The number of nitrogens with two attached hydrogens (primary N) is 1. The van der Waals surface area contributed by atoms with Crippen molar-refractivity contribution in [2.45, 2.75) is 6.42 Å². The average molecular weight is 211 g/mol. The Morgan fingerprint density at radius 1 is 1.06 bits per heavy atom. The van der Waals surface area contributed by atoms with E-state index in [-0.39, 0.29) is 5.75 Å². The Bertz CT molecular complexity index is 564. The molecule has 0 fully saturated rings. The first-order valence-electron chi connectivity index (χ1n) is 5.21. The summed E-state index contributed by atoms with van der Waals surface area (Å²) in [6, 6.07) is 11.2. The van der Waals surface area contributed by atoms with E-state index in [4.69, 9.17) is 5.73 Å². The van der Waals surface area contributed by atoms with Crippen LogP contribution in [0, 0.1) is 11.8 Å². The summed E-state index contributed by atoms with van der Waals surface area (Å²) >= 11 is 0. The number of fused-ring (bicyclic) bond motifs is 1. The molecule has 3 N–H and O–H groups in total. The molecule has 2 aromatic carbocycles. The van der Waals surface area contributed by atoms with Crippen molar-refractivity contribution in [1.82, 2.24) is 0 Å². The Labute approximate surface area is 94.7 Å². The van der Waals surface area contributed by atoms with E-state index in [1.54, 1.807) is 12.1 Å². The Balaban J connectivity index is 2.38. The van der Waals surface area contributed by atoms with Crippen LogP contribution in [0.5, 0.6) is 5.75 Å². The molecule has 0 heterocycles. The Hall–Kier alpha value is -1.98. The zero-order valence-corrected chi connectivity index (χ0v) is 8.90. The maximum Gasteiger partial charge on any atom is 0.116 e. The van der Waals surface area contributed by atoms with Crippen LogP contribution in [-0.4, -0.2) is 11.7 Å². The van der Waals surface area contributed by atoms with Crippen molar-refractivity contribution in [3.05, 3.63) is 42.0 Å². The molecule has 2 heteroatoms. The molecule has 0 atom stereocenters. The molecule has 2 aromatic rings. The van der Waals surface area contributed by atoms with E-state index in [9.17, 15) is 5.11 Å². The molecule has 0 bridgehead atoms. The molecule has 2 nitrogen and oxygen atoms in total. The van der Waals surface area contributed by atoms with Crippen LogP contribution in [0.25, 0.3) is 10.8 Å². The van der Waals surface area contributed by atoms with Crippen LogP contribution < -0.4 is 5.73 Å². The average Bonchev–Trinajstić information content (AvgIpc) is 2.29. The Morgan fingerprint density at radius 2 is 1.81 bits per heavy atom. The van der Waals surface area contributed by atoms with E-state index in [0.29, 0.717) is 13.0 Å². The van der Waals surface area contributed by atoms with Crippen LogP contribution in [0.1, 0.15) is 12.0 Å². The second-order valence-electron chi connectivity index (χ2n) is 3.59. The molecule has 0 radical (unpaired) electrons. The zero-order chi connectivity index (χ0) is 11.4. The van der Waals surface area contributed by atoms with E-state index < -0.39 is 0 Å². The van der Waals surface area contributed by atoms with Gasteiger partial charge in [0, 0.05) is 18.5 Å². The van der Waals surface area contributed by atoms with E-state index in [1.807, 2.05) is 24.3 Å². The number of phenolic OH excluding ortho intramolecular Hbond substituents is 1. The number of benzene rings is 2. The molecule has 16 heavy (non-hydrogen) atoms. The van der Waals surface area contributed by atoms with Crippen molar-refractivity contribution >= 4 is 10.8 Å². The lowest BCUT2D eigenvalue weighted by Gasteiger charge is -1.99. The first-order valence-corrected chi connectivity index (χ1v) is 5.21. The molecule has 0 spiro atoms. The highest BCUT2D eigenvalue weighted by atomic mass is 16.3. The molecular weight excluding hydrogens is 198 g/mol. The minimum absolute atomic E-state index is 0.287. The van der Waals surface area contributed by atoms with Crippen molar-refractivity contribution in [3.63, 3.8) is 0 Å². The van der Waals surface area contributed by atoms with E-state index in [1.165, 1.54) is 0 Å². The van der Waals surface area contributed by atoms with Crippen molar-refractivity contribution < 1.29 is 5.11 Å². The highest BCUT2D eigenvalue weighted by molar-refractivity contribution is 5.85. The molecule has 0 aromatic heterocycles. The molecule has 0 unspecified atom stereocenters. The first-order chi connectivity index (χ1) is 7.79. The van der Waals surface area contributed by atoms with Gasteiger partial charge in [0.1, 0.15) is 5.75 Å². The third kappa shape index (κ3) is 2.33. The van der Waals surface area contributed by atoms with Crippen LogP contribution in [0.2, 0.25) is 0 Å². The van der Waals surface area contributed by atoms with Crippen molar-refractivity contribution in [2.75, 3.05) is 6.54 Å². The minimum Gasteiger partial charge on any atom is -0.508 e. The van der Waals surface area contributed by atoms with Crippen LogP contribution in [0.15, 0.2) is 36.4 Å². The second kappa shape index (κ2) is 4.69. The van der Waals surface area contributed by atoms with Gasteiger partial charge in [-0.25, -0.2) is 0 Å². The topological polar surface area (TPSA) is 46.2 Å². The normalized spacial score (nSPS) is 9.81. The van der Waals surface area contributed by atoms with Gasteiger partial charge < -0.3 is 10.8 Å². The summed E-state index contributed by atoms with van der Waals surface area (Å²) in [6.07, 6.45) is 0.716. The van der Waals surface area contributed by atoms with Crippen molar-refractivity contribution in [2.24, 2.45) is 5.73 Å². The monoisotopic (exact) mass is 211 g/mol. The number of rotatable bonds is 1. The molecule has 0 aliphatic heterocycles. The Kier molecular flexibility index (Phi) is 3.09. The predicted octanol–water partition coefficient (Wildman–Crippen LogP) is 2.25. The molecule has 0 aliphatic carbocycles. The van der Waals surface area contributed by atoms with Gasteiger partial charge in [-0.15, -0.1) is 0 Å². The number of aromatic hydroxyl groups is 1. The standard InChI is InChI=1S/C14H13NO/c15-8-2-1-3-11-4-5-13-10-14(16)7-6-12(13)9-11/h4-7,9-10,16H,2,8,15H2. The molecule has 2 rings (SSSR count). The fraction of sp³-hybridized carbons (Fsp3) is 0.143. The number of hydrogen-bond acceptors (Lipinski definition) is 2. The fourth-order valence-electron chi connectivity index (χ4n) is 1.55.